The van der Waals surface area contributed by atoms with Crippen LogP contribution in [0.4, 0.5) is 18.9 Å². The second-order valence-electron chi connectivity index (χ2n) is 7.85. The third kappa shape index (κ3) is 5.21. The fraction of sp³-hybridized carbons (Fsp3) is 0.182. The number of carbonyl (C=O) groups is 2. The van der Waals surface area contributed by atoms with Gasteiger partial charge < -0.3 is 10.6 Å². The fourth-order valence-electron chi connectivity index (χ4n) is 3.62. The maximum atomic E-state index is 13.5. The number of nitrogens with zero attached hydrogens (tertiary/aromatic N) is 6. The van der Waals surface area contributed by atoms with E-state index in [0.29, 0.717) is 10.6 Å². The number of carbonyl (C=O) groups excluding carboxylic acids is 2. The molecule has 0 spiro atoms. The molecule has 4 rings (SSSR count). The summed E-state index contributed by atoms with van der Waals surface area (Å²) in [5, 5.41) is 22.6. The van der Waals surface area contributed by atoms with Crippen molar-refractivity contribution in [3.63, 3.8) is 0 Å². The summed E-state index contributed by atoms with van der Waals surface area (Å²) in [6, 6.07) is 9.08. The normalized spacial score (nSPS) is 13.0. The van der Waals surface area contributed by atoms with Gasteiger partial charge in [-0.15, -0.1) is 10.6 Å². The van der Waals surface area contributed by atoms with Gasteiger partial charge >= 0.3 is 6.18 Å². The van der Waals surface area contributed by atoms with Crippen molar-refractivity contribution in [3.05, 3.63) is 69.6 Å². The molecule has 0 fully saturated rings. The summed E-state index contributed by atoms with van der Waals surface area (Å²) < 4.78 is 40.9. The highest BCUT2D eigenvalue weighted by Crippen LogP contribution is 2.26. The number of aromatic nitrogens is 3. The lowest BCUT2D eigenvalue weighted by molar-refractivity contribution is -0.0696. The Balaban J connectivity index is 1.75. The van der Waals surface area contributed by atoms with Crippen molar-refractivity contribution in [2.45, 2.75) is 19.6 Å². The van der Waals surface area contributed by atoms with Crippen molar-refractivity contribution in [2.75, 3.05) is 12.4 Å². The Morgan fingerprint density at radius 3 is 2.66 bits per heavy atom. The number of hydrazine groups is 2. The predicted octanol–water partition coefficient (Wildman–Crippen LogP) is 2.41. The molecule has 0 bridgehead atoms. The average molecular weight is 547 g/mol. The molecule has 0 radical (unpaired) electrons. The third-order valence-corrected chi connectivity index (χ3v) is 5.58. The first-order valence-electron chi connectivity index (χ1n) is 10.7. The minimum Gasteiger partial charge on any atom is -0.355 e. The lowest BCUT2D eigenvalue weighted by Crippen LogP contribution is -2.45. The number of pyridine rings is 1. The van der Waals surface area contributed by atoms with E-state index in [2.05, 4.69) is 31.4 Å². The largest absolute Gasteiger partial charge is 0.452 e. The van der Waals surface area contributed by atoms with E-state index in [4.69, 9.17) is 11.6 Å². The highest BCUT2D eigenvalue weighted by Gasteiger charge is 2.43. The summed E-state index contributed by atoms with van der Waals surface area (Å²) in [4.78, 5) is 30.1. The second-order valence-corrected chi connectivity index (χ2v) is 8.25. The van der Waals surface area contributed by atoms with Crippen LogP contribution in [0.2, 0.25) is 5.02 Å². The molecule has 1 aliphatic heterocycles. The van der Waals surface area contributed by atoms with E-state index >= 15 is 0 Å². The van der Waals surface area contributed by atoms with Crippen LogP contribution < -0.4 is 21.7 Å². The van der Waals surface area contributed by atoms with Gasteiger partial charge in [0, 0.05) is 13.2 Å². The molecule has 12 nitrogen and oxygen atoms in total. The summed E-state index contributed by atoms with van der Waals surface area (Å²) in [6.45, 7) is 1.16. The zero-order valence-electron chi connectivity index (χ0n) is 19.7. The molecule has 1 aromatic carbocycles. The zero-order chi connectivity index (χ0) is 27.6. The molecule has 0 saturated heterocycles. The van der Waals surface area contributed by atoms with E-state index in [1.54, 1.807) is 13.0 Å². The predicted molar refractivity (Wildman–Crippen MR) is 129 cm³/mol. The van der Waals surface area contributed by atoms with Gasteiger partial charge in [-0.25, -0.2) is 15.2 Å². The number of rotatable bonds is 6. The maximum Gasteiger partial charge on any atom is 0.452 e. The molecule has 16 heteroatoms. The van der Waals surface area contributed by atoms with Gasteiger partial charge in [0.1, 0.15) is 5.69 Å². The van der Waals surface area contributed by atoms with E-state index in [1.165, 1.54) is 37.5 Å². The van der Waals surface area contributed by atoms with Gasteiger partial charge in [0.05, 0.1) is 40.1 Å². The van der Waals surface area contributed by atoms with E-state index in [1.807, 2.05) is 11.6 Å². The number of halogens is 4. The van der Waals surface area contributed by atoms with Gasteiger partial charge in [-0.2, -0.15) is 23.5 Å². The van der Waals surface area contributed by atoms with E-state index in [0.717, 1.165) is 4.68 Å². The van der Waals surface area contributed by atoms with Crippen LogP contribution in [-0.4, -0.2) is 50.6 Å². The summed E-state index contributed by atoms with van der Waals surface area (Å²) in [7, 11) is 1.40. The summed E-state index contributed by atoms with van der Waals surface area (Å²) in [5.74, 6) is -2.50. The number of hydrogen-bond acceptors (Lipinski definition) is 9. The Morgan fingerprint density at radius 1 is 1.24 bits per heavy atom. The number of hydrazone groups is 1. The molecule has 3 aromatic rings. The van der Waals surface area contributed by atoms with Crippen molar-refractivity contribution >= 4 is 34.9 Å². The topological polar surface area (TPSA) is 152 Å². The number of aryl methyl sites for hydroxylation is 1. The molecule has 38 heavy (non-hydrogen) atoms. The summed E-state index contributed by atoms with van der Waals surface area (Å²) in [6.07, 6.45) is -3.36. The molecular weight excluding hydrogens is 529 g/mol. The highest BCUT2D eigenvalue weighted by molar-refractivity contribution is 6.32. The number of alkyl halides is 3. The molecule has 0 saturated carbocycles. The standard InChI is InChI=1S/C22H18ClF3N10O2/c1-11-6-12(9-27)7-14(19(37)28-2)17(11)30-20(38)16-8-13(10-35-21(22(24,25)26)31-33-34-35)32-36(16)18-15(23)4-3-5-29-18/h3-8,33-34H,10H2,1-2H3,(H,28,37)(H,30,38). The number of nitriles is 1. The molecule has 0 unspecified atom stereocenters. The molecule has 3 heterocycles. The molecule has 2 aromatic heterocycles. The Morgan fingerprint density at radius 2 is 2.00 bits per heavy atom. The van der Waals surface area contributed by atoms with Crippen LogP contribution in [0, 0.1) is 18.3 Å². The van der Waals surface area contributed by atoms with Gasteiger partial charge in [0.25, 0.3) is 11.8 Å². The molecule has 196 valence electrons. The average Bonchev–Trinajstić information content (AvgIpc) is 3.52. The minimum absolute atomic E-state index is 0.0353. The Labute approximate surface area is 218 Å². The first kappa shape index (κ1) is 26.4. The second kappa shape index (κ2) is 10.4. The third-order valence-electron chi connectivity index (χ3n) is 5.28. The van der Waals surface area contributed by atoms with E-state index in [-0.39, 0.29) is 39.0 Å². The Hall–Kier alpha value is -4.68. The van der Waals surface area contributed by atoms with Gasteiger partial charge in [-0.3, -0.25) is 14.6 Å². The van der Waals surface area contributed by atoms with Gasteiger partial charge in [-0.05, 0) is 42.8 Å². The van der Waals surface area contributed by atoms with Gasteiger partial charge in [0.15, 0.2) is 5.82 Å². The molecule has 1 aliphatic rings. The van der Waals surface area contributed by atoms with Crippen molar-refractivity contribution in [1.29, 1.82) is 5.26 Å². The number of amides is 2. The number of benzene rings is 1. The number of anilines is 1. The van der Waals surface area contributed by atoms with Crippen LogP contribution in [0.5, 0.6) is 0 Å². The highest BCUT2D eigenvalue weighted by atomic mass is 35.5. The van der Waals surface area contributed by atoms with Crippen LogP contribution in [0.3, 0.4) is 0 Å². The lowest BCUT2D eigenvalue weighted by Gasteiger charge is -2.18. The van der Waals surface area contributed by atoms with Crippen molar-refractivity contribution in [3.8, 4) is 11.9 Å². The van der Waals surface area contributed by atoms with Crippen LogP contribution in [0.1, 0.15) is 37.7 Å². The number of amidine groups is 1. The lowest BCUT2D eigenvalue weighted by atomic mass is 10.0. The summed E-state index contributed by atoms with van der Waals surface area (Å²) in [5.41, 5.74) is 5.00. The molecule has 0 aliphatic carbocycles. The quantitative estimate of drug-likeness (QED) is 0.368. The van der Waals surface area contributed by atoms with Gasteiger partial charge in [0.2, 0.25) is 5.84 Å². The molecule has 4 N–H and O–H groups in total. The summed E-state index contributed by atoms with van der Waals surface area (Å²) >= 11 is 6.26. The van der Waals surface area contributed by atoms with E-state index in [9.17, 15) is 28.0 Å². The molecular formula is C22H18ClF3N10O2. The monoisotopic (exact) mass is 546 g/mol. The first-order chi connectivity index (χ1) is 18.0. The van der Waals surface area contributed by atoms with Crippen molar-refractivity contribution in [1.82, 2.24) is 36.2 Å². The number of nitrogens with one attached hydrogen (secondary N) is 4. The van der Waals surface area contributed by atoms with Gasteiger partial charge in [-0.1, -0.05) is 11.6 Å². The Kier molecular flexibility index (Phi) is 7.19. The van der Waals surface area contributed by atoms with E-state index < -0.39 is 30.4 Å². The molecule has 2 amide bonds. The van der Waals surface area contributed by atoms with Crippen LogP contribution in [-0.2, 0) is 6.54 Å². The smallest absolute Gasteiger partial charge is 0.355 e. The SMILES string of the molecule is CNC(=O)c1cc(C#N)cc(C)c1NC(=O)c1cc(CN2NNN=C2C(F)(F)F)nn1-c1ncccc1Cl. The first-order valence-corrected chi connectivity index (χ1v) is 11.1. The fourth-order valence-corrected chi connectivity index (χ4v) is 3.82. The number of hydrogen-bond donors (Lipinski definition) is 4. The van der Waals surface area contributed by atoms with Crippen LogP contribution in [0.25, 0.3) is 5.82 Å². The zero-order valence-corrected chi connectivity index (χ0v) is 20.4. The Bertz CT molecular complexity index is 1500. The van der Waals surface area contributed by atoms with Crippen LogP contribution >= 0.6 is 11.6 Å². The van der Waals surface area contributed by atoms with Crippen molar-refractivity contribution in [2.24, 2.45) is 5.10 Å². The van der Waals surface area contributed by atoms with Crippen LogP contribution in [0.15, 0.2) is 41.6 Å². The minimum atomic E-state index is -4.76. The molecule has 0 atom stereocenters. The maximum absolute atomic E-state index is 13.5. The van der Waals surface area contributed by atoms with Crippen molar-refractivity contribution < 1.29 is 22.8 Å².